The summed E-state index contributed by atoms with van der Waals surface area (Å²) >= 11 is 0. The minimum absolute atomic E-state index is 0.0601. The molecule has 4 atom stereocenters. The number of benzene rings is 5. The van der Waals surface area contributed by atoms with E-state index < -0.39 is 45.5 Å². The number of carbonyl (C=O) groups is 4. The van der Waals surface area contributed by atoms with Gasteiger partial charge in [0.15, 0.2) is 0 Å². The summed E-state index contributed by atoms with van der Waals surface area (Å²) < 4.78 is 134. The summed E-state index contributed by atoms with van der Waals surface area (Å²) in [5.74, 6) is -0.489. The maximum Gasteiger partial charge on any atom is 0.673 e. The van der Waals surface area contributed by atoms with Crippen LogP contribution in [0.4, 0.5) is 17.3 Å². The molecule has 3 amide bonds. The summed E-state index contributed by atoms with van der Waals surface area (Å²) in [7, 11) is 4.55. The van der Waals surface area contributed by atoms with Crippen molar-refractivity contribution in [2.45, 2.75) is 192 Å². The van der Waals surface area contributed by atoms with E-state index in [-0.39, 0.29) is 46.9 Å². The number of amides is 3. The first-order chi connectivity index (χ1) is 65.8. The second-order valence-electron chi connectivity index (χ2n) is 37.6. The van der Waals surface area contributed by atoms with Crippen LogP contribution in [-0.4, -0.2) is 285 Å². The van der Waals surface area contributed by atoms with Crippen molar-refractivity contribution in [1.82, 2.24) is 81.9 Å². The molecular formula is C98H129BF4N18O15S2. The number of methoxy groups -OCH3 is 2. The second kappa shape index (κ2) is 44.4. The fourth-order valence-electron chi connectivity index (χ4n) is 19.4. The molecule has 4 N–H and O–H groups in total. The van der Waals surface area contributed by atoms with Crippen LogP contribution in [-0.2, 0) is 47.7 Å². The Bertz CT molecular complexity index is 6390. The molecule has 19 rings (SSSR count). The van der Waals surface area contributed by atoms with Gasteiger partial charge in [0.05, 0.1) is 146 Å². The van der Waals surface area contributed by atoms with Crippen molar-refractivity contribution < 1.29 is 91.5 Å². The van der Waals surface area contributed by atoms with Crippen molar-refractivity contribution in [1.29, 1.82) is 0 Å². The van der Waals surface area contributed by atoms with Gasteiger partial charge in [-0.1, -0.05) is 67.6 Å². The van der Waals surface area contributed by atoms with Gasteiger partial charge in [-0.05, 0) is 234 Å². The topological polar surface area (TPSA) is 344 Å². The van der Waals surface area contributed by atoms with Crippen LogP contribution in [0.5, 0.6) is 11.5 Å². The number of rotatable bonds is 17. The van der Waals surface area contributed by atoms with Gasteiger partial charge < -0.3 is 70.3 Å². The lowest BCUT2D eigenvalue weighted by atomic mass is 9.81. The van der Waals surface area contributed by atoms with Gasteiger partial charge in [0.1, 0.15) is 28.1 Å². The third kappa shape index (κ3) is 23.8. The number of aromatic carboxylic acids is 1. The molecule has 7 fully saturated rings. The molecular weight excluding hydrogens is 1820 g/mol. The number of halogens is 4. The van der Waals surface area contributed by atoms with Crippen molar-refractivity contribution in [3.63, 3.8) is 0 Å². The Balaban J connectivity index is 0.000000161. The van der Waals surface area contributed by atoms with Gasteiger partial charge in [-0.15, -0.1) is 5.10 Å². The Hall–Kier alpha value is -11.4. The minimum atomic E-state index is -6.00. The zero-order valence-electron chi connectivity index (χ0n) is 81.3. The molecule has 4 saturated carbocycles. The fourth-order valence-corrected chi connectivity index (χ4v) is 20.5. The van der Waals surface area contributed by atoms with E-state index in [1.54, 1.807) is 38.6 Å². The zero-order chi connectivity index (χ0) is 98.9. The van der Waals surface area contributed by atoms with Crippen molar-refractivity contribution in [2.75, 3.05) is 130 Å². The molecule has 40 heteroatoms. The number of hydrogen-bond donors (Lipinski definition) is 4. The molecule has 5 aromatic carbocycles. The van der Waals surface area contributed by atoms with E-state index in [4.69, 9.17) is 33.6 Å². The van der Waals surface area contributed by atoms with Gasteiger partial charge in [-0.3, -0.25) is 28.6 Å². The highest BCUT2D eigenvalue weighted by atomic mass is 32.2. The number of morpholine rings is 3. The molecule has 744 valence electrons. The number of fused-ring (bicyclic) bond motifs is 11. The molecule has 5 aromatic heterocycles. The smallest absolute Gasteiger partial charge is 0.497 e. The van der Waals surface area contributed by atoms with Gasteiger partial charge in [0.2, 0.25) is 0 Å². The number of ether oxygens (including phenoxy) is 5. The largest absolute Gasteiger partial charge is 0.673 e. The number of amidine groups is 1. The standard InChI is InChI=1S/C41H50N6O6S.C35H39N5O6S.C11H16N5O.C6H13NO.C5H11NO.BF4/c1-25-22-45(23-26(2)53-25)41(49)35-21-42-47(31-12-9-13-31)38(35)30-18-29-19-32(52-5)15-17-33(29)39-37(27-10-7-6-8-11-27)34-16-14-28(20-36(34)46(39)24-30)40(48)43-54(50,51)44(3)4;1-38(2)47(44,45)37-34(41)22-12-14-28-30(18-22)39-20-24(32-29(35(42)43)19-36-40(32)25-10-7-11-25)16-23-17-26(46-3)13-15-27(23)33(39)31(28)21-8-5-4-6-9-21;1-14(2)11(15(3)4)17-16-10-8-6-5-7-9(10)12-13-16;1-5-3-7-4-6(2)8-5;1-6-2-4-7-5-3-6;2-1(3,4)5/h14-21,25-27,31H,6-13,22-24H2,1-5H3,(H,43,48);12-19,21,25H,4-11,20H2,1-3H3,(H,37,41)(H,42,43);5-8H,1-4H3;5-7H,3-4H2,1-2H3;2-5H2,1H3;/q;;+1;;;-1/t25-,26+;;;5-,6+;;. The fraction of sp³-hybridized carbons (Fsp3) is 0.500. The van der Waals surface area contributed by atoms with Crippen LogP contribution in [0.15, 0.2) is 109 Å². The third-order valence-corrected chi connectivity index (χ3v) is 29.3. The number of carbonyl (C=O) groups excluding carboxylic acids is 3. The number of hydrogen-bond acceptors (Lipinski definition) is 20. The van der Waals surface area contributed by atoms with Crippen LogP contribution in [0.3, 0.4) is 0 Å². The predicted octanol–water partition coefficient (Wildman–Crippen LogP) is 14.4. The predicted molar refractivity (Wildman–Crippen MR) is 525 cm³/mol. The van der Waals surface area contributed by atoms with Crippen molar-refractivity contribution >= 4 is 114 Å². The number of para-hydroxylation sites is 1. The maximum absolute atomic E-state index is 14.5. The summed E-state index contributed by atoms with van der Waals surface area (Å²) in [6.45, 7) is 15.9. The highest BCUT2D eigenvalue weighted by Gasteiger charge is 2.40. The molecule has 4 aliphatic carbocycles. The van der Waals surface area contributed by atoms with E-state index in [9.17, 15) is 58.4 Å². The number of nitrogens with zero attached hydrogens (tertiary/aromatic N) is 15. The van der Waals surface area contributed by atoms with E-state index in [1.165, 1.54) is 63.2 Å². The van der Waals surface area contributed by atoms with Crippen molar-refractivity contribution in [3.8, 4) is 34.0 Å². The molecule has 9 aliphatic rings. The number of carboxylic acid groups (broad SMARTS) is 1. The summed E-state index contributed by atoms with van der Waals surface area (Å²) in [4.78, 5) is 67.1. The van der Waals surface area contributed by atoms with E-state index in [0.717, 1.165) is 227 Å². The zero-order valence-corrected chi connectivity index (χ0v) is 83.0. The minimum Gasteiger partial charge on any atom is -0.497 e. The van der Waals surface area contributed by atoms with E-state index in [2.05, 4.69) is 100 Å². The first kappa shape index (κ1) is 103. The summed E-state index contributed by atoms with van der Waals surface area (Å²) in [5.41, 5.74) is 16.1. The highest BCUT2D eigenvalue weighted by molar-refractivity contribution is 7.88. The molecule has 5 aliphatic heterocycles. The van der Waals surface area contributed by atoms with Gasteiger partial charge in [-0.25, -0.2) is 23.7 Å². The highest BCUT2D eigenvalue weighted by Crippen LogP contribution is 2.52. The lowest BCUT2D eigenvalue weighted by Gasteiger charge is -2.35. The lowest BCUT2D eigenvalue weighted by Crippen LogP contribution is -2.48. The quantitative estimate of drug-likeness (QED) is 0.0216. The Morgan fingerprint density at radius 1 is 0.558 bits per heavy atom. The number of nitrogens with one attached hydrogen (secondary N) is 3. The molecule has 10 heterocycles. The molecule has 3 saturated heterocycles. The van der Waals surface area contributed by atoms with Gasteiger partial charge >= 0.3 is 39.7 Å². The monoisotopic (exact) mass is 1950 g/mol. The maximum atomic E-state index is 14.5. The normalized spacial score (nSPS) is 19.3. The Morgan fingerprint density at radius 3 is 1.39 bits per heavy atom. The molecule has 0 radical (unpaired) electrons. The third-order valence-electron chi connectivity index (χ3n) is 26.5. The number of likely N-dealkylation sites (N-methyl/N-ethyl adjacent to an activating group) is 1. The summed E-state index contributed by atoms with van der Waals surface area (Å²) in [5, 5.41) is 33.1. The van der Waals surface area contributed by atoms with Gasteiger partial charge in [-0.2, -0.15) is 35.6 Å². The van der Waals surface area contributed by atoms with E-state index in [0.29, 0.717) is 73.3 Å². The molecule has 0 unspecified atom stereocenters. The molecule has 33 nitrogen and oxygen atoms in total. The Labute approximate surface area is 803 Å². The number of carboxylic acids is 1. The van der Waals surface area contributed by atoms with Crippen molar-refractivity contribution in [2.24, 2.45) is 0 Å². The van der Waals surface area contributed by atoms with Crippen LogP contribution in [0.25, 0.3) is 78.7 Å². The Kier molecular flexibility index (Phi) is 33.0. The van der Waals surface area contributed by atoms with Crippen molar-refractivity contribution in [3.05, 3.63) is 165 Å². The van der Waals surface area contributed by atoms with E-state index in [1.807, 2.05) is 122 Å². The average Bonchev–Trinajstić information content (AvgIpc) is 1.57. The SMILES string of the molecule is CN(C)C(On1nnc2ccccc21)=[N+](C)C.CN1CCOCC1.COc1ccc2c(c1)C=C(c1c(C(=O)N3C[C@@H](C)O[C@@H](C)C3)cnn1C1CCC1)Cn1c-2c(C2CCCCC2)c2ccc(C(=O)NS(=O)(=O)N(C)C)cc21.COc1ccc2c(c1)C=C(c1c(C(=O)O)cnn1C1CCC1)Cn1c-2c(C2CCCCC2)c2ccc(C(=O)NS(=O)(=O)N(C)C)cc21.C[C@@H]1CNC[C@H](C)O1.F[B-](F)(F)F. The molecule has 0 spiro atoms. The van der Waals surface area contributed by atoms with Crippen LogP contribution >= 0.6 is 0 Å². The van der Waals surface area contributed by atoms with E-state index >= 15 is 0 Å². The second-order valence-corrected chi connectivity index (χ2v) is 41.4. The molecule has 10 aromatic rings. The number of aromatic nitrogens is 9. The summed E-state index contributed by atoms with van der Waals surface area (Å²) in [6.07, 6.45) is 25.2. The summed E-state index contributed by atoms with van der Waals surface area (Å²) in [6, 6.07) is 31.7. The van der Waals surface area contributed by atoms with Crippen LogP contribution in [0, 0.1) is 0 Å². The molecule has 138 heavy (non-hydrogen) atoms. The first-order valence-corrected chi connectivity index (χ1v) is 50.3. The Morgan fingerprint density at radius 2 is 1.00 bits per heavy atom. The van der Waals surface area contributed by atoms with Crippen LogP contribution < -0.4 is 29.1 Å². The lowest BCUT2D eigenvalue weighted by molar-refractivity contribution is -0.480. The number of allylic oxidation sites excluding steroid dienone is 2. The average molecular weight is 1950 g/mol. The van der Waals surface area contributed by atoms with Gasteiger partial charge in [0.25, 0.3) is 17.7 Å². The van der Waals surface area contributed by atoms with Gasteiger partial charge in [0, 0.05) is 112 Å². The van der Waals surface area contributed by atoms with Crippen LogP contribution in [0.1, 0.15) is 229 Å². The molecule has 0 bridgehead atoms. The van der Waals surface area contributed by atoms with Crippen LogP contribution in [0.2, 0.25) is 0 Å². The first-order valence-electron chi connectivity index (χ1n) is 47.4.